The SMILES string of the molecule is CC(C)(C)c1cc(-c2ccc3c(c2)c2ccc(C(C)(C)c4[c-]c(N5[CH-]N(c6cc(C(C)(C)C)cc(C(C)(C)C)c6)c6ccccc65)ccc4)[c-]c2n3-c2cc(C(C)(C)c3ccccc3)ccn2)cc(C(C)(C)C)c1.CC(C)(C)c1ccc(-c2ccc3c(c2)c2ccc(C(C)(C)c4[c-]c(N5[CH-]N(c6cc(C(C)(C)C)cc(C(C)(C)C)c6)c6ccccc65)cc(C(C)(C)C)c4)[c-]c2n3-c2cc(C(C)(C)c3ccccc3)ccn2)cc1.[Pt].[Pt]. The molecule has 0 atom stereocenters. The van der Waals surface area contributed by atoms with Gasteiger partial charge in [-0.15, -0.1) is 41.6 Å². The number of nitrogens with zero attached hydrogens (tertiary/aromatic N) is 8. The Kier molecular flexibility index (Phi) is 28.8. The van der Waals surface area contributed by atoms with Crippen molar-refractivity contribution in [2.24, 2.45) is 0 Å². The molecule has 10 heteroatoms. The van der Waals surface area contributed by atoms with E-state index in [2.05, 4.69) is 591 Å². The normalized spacial score (nSPS) is 13.7. The van der Waals surface area contributed by atoms with Crippen LogP contribution in [0.4, 0.5) is 45.5 Å². The monoisotopic (exact) mass is 2330 g/mol. The molecule has 0 saturated heterocycles. The number of aromatic nitrogens is 4. The van der Waals surface area contributed by atoms with Gasteiger partial charge in [-0.3, -0.25) is 0 Å². The van der Waals surface area contributed by atoms with Crippen molar-refractivity contribution < 1.29 is 42.1 Å². The van der Waals surface area contributed by atoms with E-state index in [4.69, 9.17) is 9.97 Å². The van der Waals surface area contributed by atoms with Crippen LogP contribution in [0.2, 0.25) is 0 Å². The van der Waals surface area contributed by atoms with Gasteiger partial charge in [0.05, 0.1) is 0 Å². The molecular weight excluding hydrogens is 2180 g/mol. The molecule has 2 aliphatic rings. The first-order valence-electron chi connectivity index (χ1n) is 53.2. The third-order valence-corrected chi connectivity index (χ3v) is 31.7. The number of fused-ring (bicyclic) bond motifs is 8. The molecule has 0 spiro atoms. The van der Waals surface area contributed by atoms with E-state index in [0.717, 1.165) is 112 Å². The first kappa shape index (κ1) is 109. The van der Waals surface area contributed by atoms with Crippen molar-refractivity contribution in [1.82, 2.24) is 19.1 Å². The second-order valence-corrected chi connectivity index (χ2v) is 52.2. The number of rotatable bonds is 16. The Balaban J connectivity index is 0.000000201. The van der Waals surface area contributed by atoms with Crippen LogP contribution >= 0.6 is 0 Å². The zero-order valence-corrected chi connectivity index (χ0v) is 98.9. The maximum Gasteiger partial charge on any atom is 0.135 e. The van der Waals surface area contributed by atoms with Gasteiger partial charge in [-0.1, -0.05) is 396 Å². The fourth-order valence-electron chi connectivity index (χ4n) is 21.1. The molecule has 8 nitrogen and oxygen atoms in total. The molecular formula is C140H150N8Pt2-6. The second-order valence-electron chi connectivity index (χ2n) is 52.2. The van der Waals surface area contributed by atoms with Gasteiger partial charge >= 0.3 is 0 Å². The quantitative estimate of drug-likeness (QED) is 0.0899. The smallest absolute Gasteiger partial charge is 0.135 e. The number of anilines is 8. The Labute approximate surface area is 925 Å². The van der Waals surface area contributed by atoms with Crippen LogP contribution in [0.3, 0.4) is 0 Å². The molecule has 0 aliphatic carbocycles. The van der Waals surface area contributed by atoms with Crippen LogP contribution < -0.4 is 19.6 Å². The molecule has 0 radical (unpaired) electrons. The molecule has 776 valence electrons. The average Bonchev–Trinajstić information content (AvgIpc) is 1.57. The van der Waals surface area contributed by atoms with E-state index < -0.39 is 10.8 Å². The summed E-state index contributed by atoms with van der Waals surface area (Å²) in [6.07, 6.45) is 3.95. The summed E-state index contributed by atoms with van der Waals surface area (Å²) in [5.41, 5.74) is 36.2. The summed E-state index contributed by atoms with van der Waals surface area (Å²) in [5.74, 6) is 1.75. The van der Waals surface area contributed by atoms with Gasteiger partial charge in [-0.2, -0.15) is 101 Å². The van der Waals surface area contributed by atoms with Crippen LogP contribution in [0.5, 0.6) is 0 Å². The molecule has 0 amide bonds. The molecule has 6 heterocycles. The van der Waals surface area contributed by atoms with Gasteiger partial charge in [0.25, 0.3) is 0 Å². The van der Waals surface area contributed by atoms with E-state index >= 15 is 0 Å². The Hall–Kier alpha value is -12.4. The van der Waals surface area contributed by atoms with Crippen LogP contribution in [0.25, 0.3) is 77.5 Å². The second kappa shape index (κ2) is 39.7. The molecule has 2 aliphatic heterocycles. The van der Waals surface area contributed by atoms with Crippen LogP contribution in [0.15, 0.2) is 316 Å². The van der Waals surface area contributed by atoms with E-state index in [-0.39, 0.29) is 96.3 Å². The molecule has 0 bridgehead atoms. The van der Waals surface area contributed by atoms with Crippen LogP contribution in [-0.2, 0) is 107 Å². The van der Waals surface area contributed by atoms with Crippen molar-refractivity contribution in [3.63, 3.8) is 0 Å². The number of hydrogen-bond acceptors (Lipinski definition) is 6. The van der Waals surface area contributed by atoms with E-state index in [9.17, 15) is 0 Å². The van der Waals surface area contributed by atoms with Crippen molar-refractivity contribution >= 4 is 89.1 Å². The standard InChI is InChI=1S/2C70H75N4.2Pt/c1-65(2,3)52-35-47(36-53(38-52)66(4,5)6)46-29-32-60-59(37-46)58-31-30-50(43-63(58)74(60)64-44-51(33-34-71-64)69(13,14)48-23-18-17-19-24-48)70(15,16)49-25-22-26-56(40-49)72-45-73(62-28-21-20-27-61(62)72)57-41-54(67(7,8)9)39-55(42-57)68(10,11)12;1-65(2,3)48-29-26-46(27-30-48)47-28-33-60-59(36-47)58-32-31-50(43-63(58)74(60)64-44-51(34-35-71-64)69(13,14)49-22-18-17-19-23-49)70(15,16)55-38-54(68(10,11)12)41-57(42-55)73-45-72(61-24-20-21-25-62(61)73)56-39-52(66(4,5)6)37-53(40-56)67(7,8)9;;/h17-39,41-42,44-45H,1-16H3;17-41,44-45H,1-16H3;;/q2*-3;;. The van der Waals surface area contributed by atoms with Gasteiger partial charge in [0.15, 0.2) is 0 Å². The molecule has 4 aromatic heterocycles. The van der Waals surface area contributed by atoms with Crippen molar-refractivity contribution in [3.05, 3.63) is 442 Å². The molecule has 0 saturated carbocycles. The summed E-state index contributed by atoms with van der Waals surface area (Å²) >= 11 is 0. The first-order valence-corrected chi connectivity index (χ1v) is 53.2. The zero-order valence-electron chi connectivity index (χ0n) is 94.4. The number of pyridine rings is 2. The molecule has 14 aromatic carbocycles. The zero-order chi connectivity index (χ0) is 106. The summed E-state index contributed by atoms with van der Waals surface area (Å²) in [4.78, 5) is 19.7. The van der Waals surface area contributed by atoms with Crippen LogP contribution in [0.1, 0.15) is 311 Å². The largest absolute Gasteiger partial charge is 0.493 e. The number of para-hydroxylation sites is 4. The Morgan fingerprint density at radius 2 is 0.533 bits per heavy atom. The summed E-state index contributed by atoms with van der Waals surface area (Å²) in [6, 6.07) is 129. The Bertz CT molecular complexity index is 8010. The molecule has 18 aromatic rings. The van der Waals surface area contributed by atoms with Gasteiger partial charge in [-0.25, -0.2) is 9.97 Å². The summed E-state index contributed by atoms with van der Waals surface area (Å²) in [5, 5.41) is 4.63. The van der Waals surface area contributed by atoms with E-state index in [1.165, 1.54) is 99.8 Å². The molecule has 0 fully saturated rings. The summed E-state index contributed by atoms with van der Waals surface area (Å²) in [6.45, 7) is 78.3. The minimum atomic E-state index is -0.502. The van der Waals surface area contributed by atoms with Gasteiger partial charge < -0.3 is 28.7 Å². The predicted molar refractivity (Wildman–Crippen MR) is 630 cm³/mol. The third kappa shape index (κ3) is 21.0. The topological polar surface area (TPSA) is 48.6 Å². The maximum atomic E-state index is 5.16. The fourth-order valence-corrected chi connectivity index (χ4v) is 21.1. The van der Waals surface area contributed by atoms with E-state index in [0.29, 0.717) is 0 Å². The van der Waals surface area contributed by atoms with E-state index in [1.807, 2.05) is 12.4 Å². The van der Waals surface area contributed by atoms with E-state index in [1.54, 1.807) is 0 Å². The van der Waals surface area contributed by atoms with Gasteiger partial charge in [0, 0.05) is 111 Å². The van der Waals surface area contributed by atoms with Crippen LogP contribution in [-0.4, -0.2) is 19.1 Å². The third-order valence-electron chi connectivity index (χ3n) is 31.7. The first-order chi connectivity index (χ1) is 69.4. The van der Waals surface area contributed by atoms with Crippen molar-refractivity contribution in [2.45, 2.75) is 287 Å². The van der Waals surface area contributed by atoms with Crippen molar-refractivity contribution in [2.75, 3.05) is 19.6 Å². The van der Waals surface area contributed by atoms with Gasteiger partial charge in [0.1, 0.15) is 11.6 Å². The summed E-state index contributed by atoms with van der Waals surface area (Å²) in [7, 11) is 0. The van der Waals surface area contributed by atoms with Crippen molar-refractivity contribution in [3.8, 4) is 33.9 Å². The number of hydrogen-bond donors (Lipinski definition) is 0. The minimum absolute atomic E-state index is 0. The molecule has 0 N–H and O–H groups in total. The summed E-state index contributed by atoms with van der Waals surface area (Å²) < 4.78 is 4.68. The van der Waals surface area contributed by atoms with Crippen LogP contribution in [0, 0.1) is 37.6 Å². The molecule has 0 unspecified atom stereocenters. The Morgan fingerprint density at radius 3 is 0.920 bits per heavy atom. The average molecular weight is 2330 g/mol. The Morgan fingerprint density at radius 1 is 0.207 bits per heavy atom. The molecule has 20 rings (SSSR count). The van der Waals surface area contributed by atoms with Gasteiger partial charge in [0.2, 0.25) is 0 Å². The minimum Gasteiger partial charge on any atom is -0.493 e. The van der Waals surface area contributed by atoms with Gasteiger partial charge in [-0.05, 0) is 233 Å². The molecule has 150 heavy (non-hydrogen) atoms. The number of benzene rings is 14. The predicted octanol–water partition coefficient (Wildman–Crippen LogP) is 37.4. The van der Waals surface area contributed by atoms with Crippen molar-refractivity contribution in [1.29, 1.82) is 0 Å². The maximum absolute atomic E-state index is 5.16. The fraction of sp³-hybridized carbons (Fsp3) is 0.314.